The first-order chi connectivity index (χ1) is 6.56. The first kappa shape index (κ1) is 11.0. The molecule has 3 N–H and O–H groups in total. The summed E-state index contributed by atoms with van der Waals surface area (Å²) in [5.41, 5.74) is 5.50. The molecule has 1 saturated carbocycles. The molecule has 1 fully saturated rings. The Morgan fingerprint density at radius 2 is 2.21 bits per heavy atom. The maximum absolute atomic E-state index is 11.3. The fourth-order valence-electron chi connectivity index (χ4n) is 1.16. The molecule has 1 amide bonds. The fraction of sp³-hybridized carbons (Fsp3) is 0.778. The van der Waals surface area contributed by atoms with Crippen molar-refractivity contribution in [3.8, 4) is 0 Å². The van der Waals surface area contributed by atoms with Crippen molar-refractivity contribution < 1.29 is 14.3 Å². The van der Waals surface area contributed by atoms with Crippen molar-refractivity contribution in [1.82, 2.24) is 5.32 Å². The molecular weight excluding hydrogens is 184 g/mol. The van der Waals surface area contributed by atoms with E-state index in [0.29, 0.717) is 13.0 Å². The van der Waals surface area contributed by atoms with Crippen LogP contribution in [0.1, 0.15) is 20.3 Å². The SMILES string of the molecule is CCOC(=O)C(C)NC(=O)C1CC1N. The Morgan fingerprint density at radius 3 is 2.64 bits per heavy atom. The lowest BCUT2D eigenvalue weighted by molar-refractivity contribution is -0.147. The average Bonchev–Trinajstić information content (AvgIpc) is 2.83. The molecule has 80 valence electrons. The summed E-state index contributed by atoms with van der Waals surface area (Å²) < 4.78 is 4.75. The Hall–Kier alpha value is -1.10. The standard InChI is InChI=1S/C9H16N2O3/c1-3-14-9(13)5(2)11-8(12)6-4-7(6)10/h5-7H,3-4,10H2,1-2H3,(H,11,12). The van der Waals surface area contributed by atoms with Gasteiger partial charge in [0.2, 0.25) is 5.91 Å². The van der Waals surface area contributed by atoms with E-state index in [4.69, 9.17) is 10.5 Å². The molecular formula is C9H16N2O3. The number of nitrogens with two attached hydrogens (primary N) is 1. The normalized spacial score (nSPS) is 26.5. The summed E-state index contributed by atoms with van der Waals surface area (Å²) in [6.45, 7) is 3.65. The van der Waals surface area contributed by atoms with Crippen molar-refractivity contribution in [1.29, 1.82) is 0 Å². The molecule has 3 atom stereocenters. The number of amides is 1. The zero-order chi connectivity index (χ0) is 10.7. The minimum Gasteiger partial charge on any atom is -0.464 e. The third-order valence-corrected chi connectivity index (χ3v) is 2.18. The van der Waals surface area contributed by atoms with Crippen LogP contribution in [0.15, 0.2) is 0 Å². The van der Waals surface area contributed by atoms with Gasteiger partial charge < -0.3 is 15.8 Å². The van der Waals surface area contributed by atoms with Crippen LogP contribution in [0.2, 0.25) is 0 Å². The lowest BCUT2D eigenvalue weighted by atomic mass is 10.3. The second kappa shape index (κ2) is 4.41. The Morgan fingerprint density at radius 1 is 1.64 bits per heavy atom. The number of esters is 1. The first-order valence-corrected chi connectivity index (χ1v) is 4.78. The highest BCUT2D eigenvalue weighted by molar-refractivity contribution is 5.87. The molecule has 14 heavy (non-hydrogen) atoms. The molecule has 0 aromatic carbocycles. The molecule has 0 radical (unpaired) electrons. The second-order valence-corrected chi connectivity index (χ2v) is 3.49. The number of hydrogen-bond donors (Lipinski definition) is 2. The average molecular weight is 200 g/mol. The summed E-state index contributed by atoms with van der Waals surface area (Å²) in [5.74, 6) is -0.681. The molecule has 0 aromatic heterocycles. The molecule has 1 aliphatic rings. The molecule has 3 unspecified atom stereocenters. The van der Waals surface area contributed by atoms with Gasteiger partial charge in [0.25, 0.3) is 0 Å². The number of carbonyl (C=O) groups is 2. The summed E-state index contributed by atoms with van der Waals surface area (Å²) in [5, 5.41) is 2.56. The van der Waals surface area contributed by atoms with Gasteiger partial charge in [-0.3, -0.25) is 4.79 Å². The van der Waals surface area contributed by atoms with Crippen molar-refractivity contribution in [2.24, 2.45) is 11.7 Å². The van der Waals surface area contributed by atoms with Crippen LogP contribution in [0.5, 0.6) is 0 Å². The second-order valence-electron chi connectivity index (χ2n) is 3.49. The third-order valence-electron chi connectivity index (χ3n) is 2.18. The summed E-state index contributed by atoms with van der Waals surface area (Å²) >= 11 is 0. The van der Waals surface area contributed by atoms with E-state index in [1.165, 1.54) is 0 Å². The molecule has 5 nitrogen and oxygen atoms in total. The third kappa shape index (κ3) is 2.70. The summed E-state index contributed by atoms with van der Waals surface area (Å²) in [6.07, 6.45) is 0.710. The van der Waals surface area contributed by atoms with Crippen molar-refractivity contribution in [3.63, 3.8) is 0 Å². The lowest BCUT2D eigenvalue weighted by Crippen LogP contribution is -2.41. The smallest absolute Gasteiger partial charge is 0.328 e. The first-order valence-electron chi connectivity index (χ1n) is 4.78. The topological polar surface area (TPSA) is 81.4 Å². The van der Waals surface area contributed by atoms with Crippen LogP contribution in [0, 0.1) is 5.92 Å². The van der Waals surface area contributed by atoms with Crippen LogP contribution in [-0.2, 0) is 14.3 Å². The highest BCUT2D eigenvalue weighted by atomic mass is 16.5. The van der Waals surface area contributed by atoms with E-state index in [2.05, 4.69) is 5.32 Å². The number of hydrogen-bond acceptors (Lipinski definition) is 4. The van der Waals surface area contributed by atoms with E-state index >= 15 is 0 Å². The number of ether oxygens (including phenoxy) is 1. The Kier molecular flexibility index (Phi) is 3.46. The molecule has 0 saturated heterocycles. The molecule has 0 aromatic rings. The van der Waals surface area contributed by atoms with Gasteiger partial charge in [-0.1, -0.05) is 0 Å². The van der Waals surface area contributed by atoms with Crippen molar-refractivity contribution in [3.05, 3.63) is 0 Å². The van der Waals surface area contributed by atoms with Crippen molar-refractivity contribution >= 4 is 11.9 Å². The number of nitrogens with one attached hydrogen (secondary N) is 1. The lowest BCUT2D eigenvalue weighted by Gasteiger charge is -2.11. The largest absolute Gasteiger partial charge is 0.464 e. The van der Waals surface area contributed by atoms with Gasteiger partial charge in [0.05, 0.1) is 12.5 Å². The van der Waals surface area contributed by atoms with Gasteiger partial charge in [-0.2, -0.15) is 0 Å². The zero-order valence-corrected chi connectivity index (χ0v) is 8.45. The summed E-state index contributed by atoms with van der Waals surface area (Å²) in [4.78, 5) is 22.5. The minimum absolute atomic E-state index is 0.0376. The van der Waals surface area contributed by atoms with Gasteiger partial charge in [0, 0.05) is 6.04 Å². The van der Waals surface area contributed by atoms with Crippen LogP contribution in [0.4, 0.5) is 0 Å². The van der Waals surface area contributed by atoms with Gasteiger partial charge >= 0.3 is 5.97 Å². The monoisotopic (exact) mass is 200 g/mol. The van der Waals surface area contributed by atoms with Crippen LogP contribution < -0.4 is 11.1 Å². The zero-order valence-electron chi connectivity index (χ0n) is 8.45. The van der Waals surface area contributed by atoms with Crippen LogP contribution >= 0.6 is 0 Å². The van der Waals surface area contributed by atoms with Crippen LogP contribution in [0.3, 0.4) is 0 Å². The summed E-state index contributed by atoms with van der Waals surface area (Å²) in [6, 6.07) is -0.625. The van der Waals surface area contributed by atoms with Gasteiger partial charge in [-0.15, -0.1) is 0 Å². The fourth-order valence-corrected chi connectivity index (χ4v) is 1.16. The van der Waals surface area contributed by atoms with E-state index in [0.717, 1.165) is 0 Å². The minimum atomic E-state index is -0.588. The molecule has 1 aliphatic carbocycles. The van der Waals surface area contributed by atoms with Crippen molar-refractivity contribution in [2.75, 3.05) is 6.61 Å². The summed E-state index contributed by atoms with van der Waals surface area (Å²) in [7, 11) is 0. The Bertz CT molecular complexity index is 242. The molecule has 0 bridgehead atoms. The molecule has 0 spiro atoms. The Labute approximate surface area is 83.0 Å². The number of carbonyl (C=O) groups excluding carboxylic acids is 2. The van der Waals surface area contributed by atoms with Gasteiger partial charge in [0.15, 0.2) is 0 Å². The quantitative estimate of drug-likeness (QED) is 0.594. The number of rotatable bonds is 4. The van der Waals surface area contributed by atoms with E-state index in [1.54, 1.807) is 13.8 Å². The van der Waals surface area contributed by atoms with Gasteiger partial charge in [-0.25, -0.2) is 4.79 Å². The maximum atomic E-state index is 11.3. The van der Waals surface area contributed by atoms with E-state index < -0.39 is 12.0 Å². The van der Waals surface area contributed by atoms with Gasteiger partial charge in [0.1, 0.15) is 6.04 Å². The predicted molar refractivity (Wildman–Crippen MR) is 50.3 cm³/mol. The Balaban J connectivity index is 2.29. The van der Waals surface area contributed by atoms with Gasteiger partial charge in [-0.05, 0) is 20.3 Å². The predicted octanol–water partition coefficient (Wildman–Crippen LogP) is -0.599. The van der Waals surface area contributed by atoms with E-state index in [-0.39, 0.29) is 17.9 Å². The maximum Gasteiger partial charge on any atom is 0.328 e. The molecule has 0 aliphatic heterocycles. The van der Waals surface area contributed by atoms with E-state index in [1.807, 2.05) is 0 Å². The van der Waals surface area contributed by atoms with Crippen LogP contribution in [0.25, 0.3) is 0 Å². The van der Waals surface area contributed by atoms with E-state index in [9.17, 15) is 9.59 Å². The highest BCUT2D eigenvalue weighted by Gasteiger charge is 2.40. The van der Waals surface area contributed by atoms with Crippen molar-refractivity contribution in [2.45, 2.75) is 32.4 Å². The molecule has 0 heterocycles. The highest BCUT2D eigenvalue weighted by Crippen LogP contribution is 2.27. The molecule has 5 heteroatoms. The van der Waals surface area contributed by atoms with Crippen LogP contribution in [-0.4, -0.2) is 30.6 Å². The molecule has 1 rings (SSSR count).